The second-order valence-corrected chi connectivity index (χ2v) is 6.85. The van der Waals surface area contributed by atoms with Crippen LogP contribution in [0.1, 0.15) is 38.1 Å². The van der Waals surface area contributed by atoms with E-state index in [1.54, 1.807) is 18.2 Å². The zero-order valence-electron chi connectivity index (χ0n) is 11.9. The second kappa shape index (κ2) is 4.41. The monoisotopic (exact) mass is 280 g/mol. The van der Waals surface area contributed by atoms with E-state index in [9.17, 15) is 4.79 Å². The first-order valence-corrected chi connectivity index (χ1v) is 6.89. The summed E-state index contributed by atoms with van der Waals surface area (Å²) in [4.78, 5) is 12.1. The summed E-state index contributed by atoms with van der Waals surface area (Å²) in [5.41, 5.74) is 7.19. The van der Waals surface area contributed by atoms with Crippen LogP contribution in [0.15, 0.2) is 18.2 Å². The van der Waals surface area contributed by atoms with Crippen molar-refractivity contribution in [3.8, 4) is 0 Å². The van der Waals surface area contributed by atoms with E-state index in [0.29, 0.717) is 28.7 Å². The van der Waals surface area contributed by atoms with Crippen LogP contribution < -0.4 is 11.1 Å². The fourth-order valence-electron chi connectivity index (χ4n) is 2.85. The minimum Gasteiger partial charge on any atom is -0.399 e. The molecule has 19 heavy (non-hydrogen) atoms. The number of rotatable bonds is 3. The standard InChI is InChI=1S/C15H21ClN2O/c1-14(2)12(15(14,3)4)8-18-13(19)10-7-9(17)5-6-11(10)16/h5-7,12H,8,17H2,1-4H3,(H,18,19). The molecule has 0 atom stereocenters. The molecule has 3 N–H and O–H groups in total. The summed E-state index contributed by atoms with van der Waals surface area (Å²) >= 11 is 6.02. The van der Waals surface area contributed by atoms with Gasteiger partial charge < -0.3 is 11.1 Å². The predicted molar refractivity (Wildman–Crippen MR) is 79.2 cm³/mol. The molecule has 1 aromatic rings. The minimum absolute atomic E-state index is 0.157. The molecule has 1 aliphatic rings. The van der Waals surface area contributed by atoms with Crippen molar-refractivity contribution in [1.29, 1.82) is 0 Å². The lowest BCUT2D eigenvalue weighted by Crippen LogP contribution is -2.27. The van der Waals surface area contributed by atoms with Crippen LogP contribution >= 0.6 is 11.6 Å². The molecule has 0 heterocycles. The van der Waals surface area contributed by atoms with Crippen LogP contribution in [-0.4, -0.2) is 12.5 Å². The van der Waals surface area contributed by atoms with Crippen LogP contribution in [0.2, 0.25) is 5.02 Å². The Kier molecular flexibility index (Phi) is 3.29. The van der Waals surface area contributed by atoms with Crippen molar-refractivity contribution >= 4 is 23.2 Å². The Morgan fingerprint density at radius 2 is 1.89 bits per heavy atom. The Morgan fingerprint density at radius 1 is 1.32 bits per heavy atom. The summed E-state index contributed by atoms with van der Waals surface area (Å²) in [6.07, 6.45) is 0. The van der Waals surface area contributed by atoms with Gasteiger partial charge in [0.25, 0.3) is 5.91 Å². The lowest BCUT2D eigenvalue weighted by molar-refractivity contribution is 0.0950. The normalized spacial score (nSPS) is 20.1. The fraction of sp³-hybridized carbons (Fsp3) is 0.533. The Labute approximate surface area is 119 Å². The molecule has 4 heteroatoms. The maximum absolute atomic E-state index is 12.1. The molecule has 104 valence electrons. The number of hydrogen-bond acceptors (Lipinski definition) is 2. The molecular formula is C15H21ClN2O. The second-order valence-electron chi connectivity index (χ2n) is 6.45. The smallest absolute Gasteiger partial charge is 0.252 e. The van der Waals surface area contributed by atoms with Gasteiger partial charge in [0.15, 0.2) is 0 Å². The third-order valence-corrected chi connectivity index (χ3v) is 5.35. The summed E-state index contributed by atoms with van der Waals surface area (Å²) in [5.74, 6) is 0.333. The number of halogens is 1. The largest absolute Gasteiger partial charge is 0.399 e. The number of anilines is 1. The number of benzene rings is 1. The highest BCUT2D eigenvalue weighted by atomic mass is 35.5. The highest BCUT2D eigenvalue weighted by Crippen LogP contribution is 2.67. The van der Waals surface area contributed by atoms with Crippen molar-refractivity contribution in [2.45, 2.75) is 27.7 Å². The molecule has 0 aromatic heterocycles. The number of carbonyl (C=O) groups excluding carboxylic acids is 1. The van der Waals surface area contributed by atoms with E-state index in [1.807, 2.05) is 0 Å². The summed E-state index contributed by atoms with van der Waals surface area (Å²) in [7, 11) is 0. The third-order valence-electron chi connectivity index (χ3n) is 5.02. The van der Waals surface area contributed by atoms with Gasteiger partial charge in [0, 0.05) is 12.2 Å². The van der Waals surface area contributed by atoms with Gasteiger partial charge in [-0.15, -0.1) is 0 Å². The highest BCUT2D eigenvalue weighted by Gasteiger charge is 2.64. The molecule has 0 bridgehead atoms. The molecule has 1 aromatic carbocycles. The highest BCUT2D eigenvalue weighted by molar-refractivity contribution is 6.34. The quantitative estimate of drug-likeness (QED) is 0.835. The molecule has 1 fully saturated rings. The molecule has 1 saturated carbocycles. The predicted octanol–water partition coefficient (Wildman–Crippen LogP) is 3.33. The van der Waals surface area contributed by atoms with E-state index in [0.717, 1.165) is 0 Å². The number of amides is 1. The average Bonchev–Trinajstić information content (AvgIpc) is 2.70. The van der Waals surface area contributed by atoms with Gasteiger partial charge in [-0.1, -0.05) is 39.3 Å². The van der Waals surface area contributed by atoms with Gasteiger partial charge in [-0.3, -0.25) is 4.79 Å². The van der Waals surface area contributed by atoms with Gasteiger partial charge in [-0.2, -0.15) is 0 Å². The van der Waals surface area contributed by atoms with Crippen molar-refractivity contribution in [2.24, 2.45) is 16.7 Å². The van der Waals surface area contributed by atoms with Crippen LogP contribution in [0.4, 0.5) is 5.69 Å². The minimum atomic E-state index is -0.157. The van der Waals surface area contributed by atoms with Crippen LogP contribution in [0.3, 0.4) is 0 Å². The molecule has 3 nitrogen and oxygen atoms in total. The van der Waals surface area contributed by atoms with E-state index >= 15 is 0 Å². The van der Waals surface area contributed by atoms with Crippen molar-refractivity contribution < 1.29 is 4.79 Å². The van der Waals surface area contributed by atoms with Crippen molar-refractivity contribution in [3.63, 3.8) is 0 Å². The summed E-state index contributed by atoms with van der Waals surface area (Å²) in [6.45, 7) is 9.60. The third kappa shape index (κ3) is 2.32. The molecule has 1 amide bonds. The number of nitrogen functional groups attached to an aromatic ring is 1. The van der Waals surface area contributed by atoms with E-state index in [4.69, 9.17) is 17.3 Å². The number of hydrogen-bond donors (Lipinski definition) is 2. The van der Waals surface area contributed by atoms with Gasteiger partial charge in [0.2, 0.25) is 0 Å². The molecule has 0 saturated heterocycles. The Morgan fingerprint density at radius 3 is 2.42 bits per heavy atom. The molecule has 0 spiro atoms. The van der Waals surface area contributed by atoms with E-state index < -0.39 is 0 Å². The van der Waals surface area contributed by atoms with Crippen LogP contribution in [0, 0.1) is 16.7 Å². The number of nitrogens with one attached hydrogen (secondary N) is 1. The lowest BCUT2D eigenvalue weighted by Gasteiger charge is -2.08. The van der Waals surface area contributed by atoms with Gasteiger partial charge in [0.05, 0.1) is 10.6 Å². The number of carbonyl (C=O) groups is 1. The van der Waals surface area contributed by atoms with Gasteiger partial charge >= 0.3 is 0 Å². The summed E-state index contributed by atoms with van der Waals surface area (Å²) < 4.78 is 0. The van der Waals surface area contributed by atoms with Crippen molar-refractivity contribution in [2.75, 3.05) is 12.3 Å². The SMILES string of the molecule is CC1(C)C(CNC(=O)c2cc(N)ccc2Cl)C1(C)C. The van der Waals surface area contributed by atoms with E-state index in [1.165, 1.54) is 0 Å². The first-order valence-electron chi connectivity index (χ1n) is 6.51. The Balaban J connectivity index is 2.02. The van der Waals surface area contributed by atoms with Gasteiger partial charge in [-0.25, -0.2) is 0 Å². The number of nitrogens with two attached hydrogens (primary N) is 1. The zero-order valence-corrected chi connectivity index (χ0v) is 12.6. The Hall–Kier alpha value is -1.22. The van der Waals surface area contributed by atoms with Gasteiger partial charge in [-0.05, 0) is 34.9 Å². The molecule has 0 aliphatic heterocycles. The first-order chi connectivity index (χ1) is 8.68. The van der Waals surface area contributed by atoms with E-state index in [2.05, 4.69) is 33.0 Å². The maximum Gasteiger partial charge on any atom is 0.252 e. The van der Waals surface area contributed by atoms with Crippen LogP contribution in [0.5, 0.6) is 0 Å². The fourth-order valence-corrected chi connectivity index (χ4v) is 3.05. The topological polar surface area (TPSA) is 55.1 Å². The van der Waals surface area contributed by atoms with E-state index in [-0.39, 0.29) is 16.7 Å². The van der Waals surface area contributed by atoms with Crippen molar-refractivity contribution in [3.05, 3.63) is 28.8 Å². The Bertz CT molecular complexity index is 509. The summed E-state index contributed by atoms with van der Waals surface area (Å²) in [6, 6.07) is 4.95. The van der Waals surface area contributed by atoms with Gasteiger partial charge in [0.1, 0.15) is 0 Å². The molecule has 0 unspecified atom stereocenters. The average molecular weight is 281 g/mol. The molecular weight excluding hydrogens is 260 g/mol. The van der Waals surface area contributed by atoms with Crippen LogP contribution in [-0.2, 0) is 0 Å². The maximum atomic E-state index is 12.1. The first kappa shape index (κ1) is 14.2. The van der Waals surface area contributed by atoms with Crippen molar-refractivity contribution in [1.82, 2.24) is 5.32 Å². The zero-order chi connectivity index (χ0) is 14.4. The molecule has 0 radical (unpaired) electrons. The molecule has 2 rings (SSSR count). The molecule has 1 aliphatic carbocycles. The van der Waals surface area contributed by atoms with Crippen LogP contribution in [0.25, 0.3) is 0 Å². The lowest BCUT2D eigenvalue weighted by atomic mass is 10.0. The summed E-state index contributed by atoms with van der Waals surface area (Å²) in [5, 5.41) is 3.39.